The van der Waals surface area contributed by atoms with Crippen LogP contribution in [0.5, 0.6) is 0 Å². The quantitative estimate of drug-likeness (QED) is 0.0290. The van der Waals surface area contributed by atoms with Crippen LogP contribution >= 0.6 is 0 Å². The second-order valence-corrected chi connectivity index (χ2v) is 13.2. The molecule has 1 heterocycles. The maximum Gasteiger partial charge on any atom is 0.303 e. The Morgan fingerprint density at radius 2 is 1.53 bits per heavy atom. The molecule has 21 heteroatoms. The lowest BCUT2D eigenvalue weighted by molar-refractivity contribution is -0.139. The number of nitrogens with zero attached hydrogens (tertiary/aromatic N) is 1. The SMILES string of the molecule is C[C@@H](O)[C@H](NC(=O)CNC(=O)C(CCC(=O)O)NC(=O)C(C)(C)NC(=O)[C@H](Cc1cnc[nH]1)NN)C(=O)N[C@@H](Cc1ccccc1)C(=O)N[C@H](C=O)[C@@H](C)O. The summed E-state index contributed by atoms with van der Waals surface area (Å²) in [6.45, 7) is 4.36. The minimum Gasteiger partial charge on any atom is -0.481 e. The topological polar surface area (TPSA) is 336 Å². The van der Waals surface area contributed by atoms with Crippen LogP contribution in [0, 0.1) is 0 Å². The number of amides is 6. The van der Waals surface area contributed by atoms with E-state index in [4.69, 9.17) is 5.84 Å². The number of nitrogens with one attached hydrogen (secondary N) is 8. The Morgan fingerprint density at radius 3 is 2.07 bits per heavy atom. The maximum atomic E-state index is 13.3. The molecule has 1 aromatic carbocycles. The van der Waals surface area contributed by atoms with Crippen LogP contribution in [-0.4, -0.2) is 127 Å². The van der Waals surface area contributed by atoms with Crippen LogP contribution in [0.1, 0.15) is 51.8 Å². The number of rotatable bonds is 23. The first kappa shape index (κ1) is 45.4. The maximum absolute atomic E-state index is 13.3. The number of carbonyl (C=O) groups excluding carboxylic acids is 7. The molecular formula is C34H50N10O11. The number of hydrogen-bond donors (Lipinski definition) is 12. The van der Waals surface area contributed by atoms with Gasteiger partial charge in [-0.05, 0) is 39.7 Å². The smallest absolute Gasteiger partial charge is 0.303 e. The van der Waals surface area contributed by atoms with E-state index >= 15 is 0 Å². The number of hydrogen-bond acceptors (Lipinski definition) is 13. The molecule has 0 aliphatic heterocycles. The third-order valence-electron chi connectivity index (χ3n) is 8.16. The van der Waals surface area contributed by atoms with Gasteiger partial charge in [0.15, 0.2) is 0 Å². The number of aliphatic carboxylic acids is 1. The lowest BCUT2D eigenvalue weighted by atomic mass is 10.0. The molecule has 0 bridgehead atoms. The molecule has 0 saturated heterocycles. The molecule has 21 nitrogen and oxygen atoms in total. The van der Waals surface area contributed by atoms with Crippen LogP contribution in [0.15, 0.2) is 42.9 Å². The molecule has 7 atom stereocenters. The van der Waals surface area contributed by atoms with Crippen LogP contribution in [0.25, 0.3) is 0 Å². The number of aromatic amines is 1. The van der Waals surface area contributed by atoms with Gasteiger partial charge in [0.05, 0.1) is 25.1 Å². The van der Waals surface area contributed by atoms with Gasteiger partial charge in [0.2, 0.25) is 35.4 Å². The molecule has 1 unspecified atom stereocenters. The van der Waals surface area contributed by atoms with Crippen LogP contribution in [0.3, 0.4) is 0 Å². The van der Waals surface area contributed by atoms with Crippen LogP contribution in [0.4, 0.5) is 0 Å². The van der Waals surface area contributed by atoms with Crippen LogP contribution in [0.2, 0.25) is 0 Å². The first-order valence-electron chi connectivity index (χ1n) is 17.2. The molecule has 0 aliphatic rings. The van der Waals surface area contributed by atoms with Gasteiger partial charge in [-0.3, -0.25) is 39.4 Å². The average molecular weight is 775 g/mol. The van der Waals surface area contributed by atoms with Gasteiger partial charge in [-0.2, -0.15) is 0 Å². The molecular weight excluding hydrogens is 724 g/mol. The Kier molecular flexibility index (Phi) is 18.0. The van der Waals surface area contributed by atoms with Crippen molar-refractivity contribution in [2.75, 3.05) is 6.54 Å². The molecule has 6 amide bonds. The Hall–Kier alpha value is -5.77. The van der Waals surface area contributed by atoms with Crippen molar-refractivity contribution < 1.29 is 53.7 Å². The number of aromatic nitrogens is 2. The highest BCUT2D eigenvalue weighted by molar-refractivity contribution is 5.97. The van der Waals surface area contributed by atoms with Crippen molar-refractivity contribution >= 4 is 47.7 Å². The monoisotopic (exact) mass is 774 g/mol. The first-order valence-corrected chi connectivity index (χ1v) is 17.2. The fraction of sp³-hybridized carbons (Fsp3) is 0.500. The summed E-state index contributed by atoms with van der Waals surface area (Å²) < 4.78 is 0. The van der Waals surface area contributed by atoms with E-state index in [2.05, 4.69) is 47.3 Å². The molecule has 0 aliphatic carbocycles. The van der Waals surface area contributed by atoms with E-state index in [1.54, 1.807) is 30.3 Å². The third kappa shape index (κ3) is 15.2. The van der Waals surface area contributed by atoms with E-state index in [0.29, 0.717) is 17.5 Å². The standard InChI is InChI=1S/C34H50N10O11/c1-18(46)25(16-45)40-30(52)23(12-20-8-6-5-7-9-20)39-32(54)28(19(2)47)42-26(48)15-37-29(51)22(10-11-27(49)50)41-33(55)34(3,4)43-31(53)24(44-35)13-21-14-36-17-38-21/h5-9,14,16-19,22-25,28,44,46-47H,10-13,15,35H2,1-4H3,(H,36,38)(H,37,51)(H,39,54)(H,40,52)(H,41,55)(H,42,48)(H,43,53)(H,49,50)/t18-,19-,22?,23+,24+,25-,28+/m1/s1. The van der Waals surface area contributed by atoms with Crippen molar-refractivity contribution in [3.05, 3.63) is 54.1 Å². The van der Waals surface area contributed by atoms with E-state index in [1.807, 2.05) is 0 Å². The summed E-state index contributed by atoms with van der Waals surface area (Å²) in [5.41, 5.74) is 1.89. The number of carboxylic acids is 1. The van der Waals surface area contributed by atoms with Crippen molar-refractivity contribution in [3.63, 3.8) is 0 Å². The molecule has 2 aromatic rings. The summed E-state index contributed by atoms with van der Waals surface area (Å²) in [4.78, 5) is 108. The zero-order chi connectivity index (χ0) is 41.3. The van der Waals surface area contributed by atoms with Gasteiger partial charge in [0, 0.05) is 31.2 Å². The molecule has 0 spiro atoms. The lowest BCUT2D eigenvalue weighted by Gasteiger charge is -2.29. The Bertz CT molecular complexity index is 1620. The van der Waals surface area contributed by atoms with Crippen molar-refractivity contribution in [2.24, 2.45) is 5.84 Å². The molecule has 0 fully saturated rings. The van der Waals surface area contributed by atoms with Gasteiger partial charge in [-0.1, -0.05) is 30.3 Å². The highest BCUT2D eigenvalue weighted by atomic mass is 16.4. The van der Waals surface area contributed by atoms with E-state index in [1.165, 1.54) is 40.2 Å². The van der Waals surface area contributed by atoms with Gasteiger partial charge in [-0.25, -0.2) is 10.4 Å². The van der Waals surface area contributed by atoms with Crippen LogP contribution in [-0.2, 0) is 51.2 Å². The van der Waals surface area contributed by atoms with Crippen molar-refractivity contribution in [3.8, 4) is 0 Å². The van der Waals surface area contributed by atoms with Gasteiger partial charge < -0.3 is 57.0 Å². The molecule has 1 aromatic heterocycles. The molecule has 302 valence electrons. The predicted octanol–water partition coefficient (Wildman–Crippen LogP) is -4.20. The molecule has 13 N–H and O–H groups in total. The summed E-state index contributed by atoms with van der Waals surface area (Å²) in [6.07, 6.45) is -0.489. The number of benzene rings is 1. The van der Waals surface area contributed by atoms with Gasteiger partial charge in [0.1, 0.15) is 42.0 Å². The second-order valence-electron chi connectivity index (χ2n) is 13.2. The highest BCUT2D eigenvalue weighted by Gasteiger charge is 2.36. The largest absolute Gasteiger partial charge is 0.481 e. The zero-order valence-corrected chi connectivity index (χ0v) is 30.8. The summed E-state index contributed by atoms with van der Waals surface area (Å²) >= 11 is 0. The van der Waals surface area contributed by atoms with Crippen molar-refractivity contribution in [1.29, 1.82) is 0 Å². The number of aldehydes is 1. The molecule has 2 rings (SSSR count). The predicted molar refractivity (Wildman–Crippen MR) is 193 cm³/mol. The fourth-order valence-corrected chi connectivity index (χ4v) is 4.94. The Labute approximate surface area is 316 Å². The summed E-state index contributed by atoms with van der Waals surface area (Å²) in [5, 5.41) is 43.6. The first-order chi connectivity index (χ1) is 25.9. The average Bonchev–Trinajstić information content (AvgIpc) is 3.65. The number of aliphatic hydroxyl groups excluding tert-OH is 2. The summed E-state index contributed by atoms with van der Waals surface area (Å²) in [7, 11) is 0. The van der Waals surface area contributed by atoms with Crippen molar-refractivity contribution in [1.82, 2.24) is 47.3 Å². The molecule has 0 radical (unpaired) electrons. The zero-order valence-electron chi connectivity index (χ0n) is 30.8. The summed E-state index contributed by atoms with van der Waals surface area (Å²) in [5.74, 6) is -1.10. The van der Waals surface area contributed by atoms with Crippen LogP contribution < -0.4 is 43.2 Å². The number of imidazole rings is 1. The van der Waals surface area contributed by atoms with Gasteiger partial charge in [-0.15, -0.1) is 0 Å². The highest BCUT2D eigenvalue weighted by Crippen LogP contribution is 2.09. The van der Waals surface area contributed by atoms with E-state index in [-0.39, 0.29) is 12.8 Å². The second kappa shape index (κ2) is 21.8. The number of nitrogens with two attached hydrogens (primary N) is 1. The minimum atomic E-state index is -1.65. The Balaban J connectivity index is 2.11. The van der Waals surface area contributed by atoms with Gasteiger partial charge >= 0.3 is 5.97 Å². The normalized spacial score (nSPS) is 15.0. The summed E-state index contributed by atoms with van der Waals surface area (Å²) in [6, 6.07) is 1.74. The number of hydrazine groups is 1. The van der Waals surface area contributed by atoms with E-state index in [0.717, 1.165) is 0 Å². The van der Waals surface area contributed by atoms with Gasteiger partial charge in [0.25, 0.3) is 0 Å². The van der Waals surface area contributed by atoms with E-state index < -0.39 is 109 Å². The van der Waals surface area contributed by atoms with E-state index in [9.17, 15) is 53.7 Å². The number of H-pyrrole nitrogens is 1. The fourth-order valence-electron chi connectivity index (χ4n) is 4.94. The Morgan fingerprint density at radius 1 is 0.855 bits per heavy atom. The number of carboxylic acid groups (broad SMARTS) is 1. The number of aliphatic hydroxyl groups is 2. The lowest BCUT2D eigenvalue weighted by Crippen LogP contribution is -2.62. The molecule has 55 heavy (non-hydrogen) atoms. The van der Waals surface area contributed by atoms with Crippen molar-refractivity contribution in [2.45, 2.75) is 101 Å². The minimum absolute atomic E-state index is 0.0695. The molecule has 0 saturated carbocycles. The third-order valence-corrected chi connectivity index (χ3v) is 8.16. The number of carbonyl (C=O) groups is 8.